The van der Waals surface area contributed by atoms with Gasteiger partial charge in [-0.05, 0) is 47.8 Å². The maximum atomic E-state index is 6.00. The first-order valence-electron chi connectivity index (χ1n) is 6.26. The molecule has 0 aliphatic carbocycles. The number of aryl methyl sites for hydroxylation is 1. The van der Waals surface area contributed by atoms with Gasteiger partial charge in [-0.3, -0.25) is 0 Å². The van der Waals surface area contributed by atoms with Crippen LogP contribution < -0.4 is 5.32 Å². The van der Waals surface area contributed by atoms with Gasteiger partial charge in [-0.25, -0.2) is 0 Å². The van der Waals surface area contributed by atoms with Crippen molar-refractivity contribution in [2.75, 3.05) is 6.54 Å². The highest BCUT2D eigenvalue weighted by Gasteiger charge is 2.03. The predicted molar refractivity (Wildman–Crippen MR) is 82.3 cm³/mol. The molecule has 0 aliphatic heterocycles. The fraction of sp³-hybridized carbons (Fsp3) is 0.692. The van der Waals surface area contributed by atoms with Gasteiger partial charge in [0.2, 0.25) is 0 Å². The molecule has 0 unspecified atom stereocenters. The number of halogens is 2. The molecule has 0 spiro atoms. The molecule has 4 heteroatoms. The van der Waals surface area contributed by atoms with Crippen LogP contribution in [0.5, 0.6) is 0 Å². The van der Waals surface area contributed by atoms with Crippen LogP contribution in [0, 0.1) is 0 Å². The normalized spacial score (nSPS) is 11.4. The van der Waals surface area contributed by atoms with E-state index in [1.54, 1.807) is 11.3 Å². The minimum atomic E-state index is 0.612. The van der Waals surface area contributed by atoms with Crippen molar-refractivity contribution >= 4 is 38.9 Å². The lowest BCUT2D eigenvalue weighted by Crippen LogP contribution is -2.23. The predicted octanol–water partition coefficient (Wildman–Crippen LogP) is 5.26. The van der Waals surface area contributed by atoms with Gasteiger partial charge < -0.3 is 5.32 Å². The van der Waals surface area contributed by atoms with Gasteiger partial charge in [0.1, 0.15) is 0 Å². The standard InChI is InChI=1S/C13H21BrClNS/c1-10(2)16-8-6-4-3-5-7-11-9-12(15)13(14)17-11/h9-10,16H,3-8H2,1-2H3. The monoisotopic (exact) mass is 337 g/mol. The number of hydrogen-bond acceptors (Lipinski definition) is 2. The van der Waals surface area contributed by atoms with E-state index in [-0.39, 0.29) is 0 Å². The number of hydrogen-bond donors (Lipinski definition) is 1. The summed E-state index contributed by atoms with van der Waals surface area (Å²) < 4.78 is 1.07. The van der Waals surface area contributed by atoms with Gasteiger partial charge in [-0.2, -0.15) is 0 Å². The first-order valence-corrected chi connectivity index (χ1v) is 8.25. The molecule has 0 saturated heterocycles. The smallest absolute Gasteiger partial charge is 0.0887 e. The highest BCUT2D eigenvalue weighted by atomic mass is 79.9. The van der Waals surface area contributed by atoms with Crippen LogP contribution in [0.25, 0.3) is 0 Å². The molecule has 0 aliphatic rings. The van der Waals surface area contributed by atoms with Gasteiger partial charge >= 0.3 is 0 Å². The van der Waals surface area contributed by atoms with Crippen LogP contribution >= 0.6 is 38.9 Å². The molecular formula is C13H21BrClNS. The summed E-state index contributed by atoms with van der Waals surface area (Å²) in [6, 6.07) is 2.69. The summed E-state index contributed by atoms with van der Waals surface area (Å²) in [7, 11) is 0. The molecule has 1 N–H and O–H groups in total. The summed E-state index contributed by atoms with van der Waals surface area (Å²) in [5.41, 5.74) is 0. The lowest BCUT2D eigenvalue weighted by Gasteiger charge is -2.07. The maximum absolute atomic E-state index is 6.00. The number of nitrogens with one attached hydrogen (secondary N) is 1. The molecule has 0 radical (unpaired) electrons. The van der Waals surface area contributed by atoms with E-state index in [4.69, 9.17) is 11.6 Å². The van der Waals surface area contributed by atoms with Crippen molar-refractivity contribution < 1.29 is 0 Å². The van der Waals surface area contributed by atoms with E-state index >= 15 is 0 Å². The van der Waals surface area contributed by atoms with Crippen LogP contribution in [0.1, 0.15) is 44.4 Å². The molecular weight excluding hydrogens is 318 g/mol. The first kappa shape index (κ1) is 15.5. The maximum Gasteiger partial charge on any atom is 0.0887 e. The zero-order chi connectivity index (χ0) is 12.7. The third kappa shape index (κ3) is 6.80. The highest BCUT2D eigenvalue weighted by molar-refractivity contribution is 9.11. The van der Waals surface area contributed by atoms with Gasteiger partial charge in [-0.1, -0.05) is 38.3 Å². The van der Waals surface area contributed by atoms with Crippen molar-refractivity contribution in [1.82, 2.24) is 5.32 Å². The van der Waals surface area contributed by atoms with E-state index in [2.05, 4.69) is 41.2 Å². The second-order valence-electron chi connectivity index (χ2n) is 4.61. The Labute approximate surface area is 122 Å². The van der Waals surface area contributed by atoms with E-state index in [1.807, 2.05) is 0 Å². The SMILES string of the molecule is CC(C)NCCCCCCc1cc(Cl)c(Br)s1. The average molecular weight is 339 g/mol. The molecule has 0 fully saturated rings. The fourth-order valence-corrected chi connectivity index (χ4v) is 3.54. The molecule has 1 nitrogen and oxygen atoms in total. The lowest BCUT2D eigenvalue weighted by atomic mass is 10.1. The van der Waals surface area contributed by atoms with Crippen LogP contribution in [-0.4, -0.2) is 12.6 Å². The van der Waals surface area contributed by atoms with Crippen LogP contribution in [0.15, 0.2) is 9.85 Å². The van der Waals surface area contributed by atoms with Crippen LogP contribution in [-0.2, 0) is 6.42 Å². The Morgan fingerprint density at radius 1 is 1.29 bits per heavy atom. The minimum absolute atomic E-state index is 0.612. The number of rotatable bonds is 8. The number of unbranched alkanes of at least 4 members (excludes halogenated alkanes) is 3. The van der Waals surface area contributed by atoms with E-state index in [0.717, 1.165) is 21.8 Å². The van der Waals surface area contributed by atoms with Gasteiger partial charge in [-0.15, -0.1) is 11.3 Å². The van der Waals surface area contributed by atoms with Crippen LogP contribution in [0.3, 0.4) is 0 Å². The minimum Gasteiger partial charge on any atom is -0.315 e. The zero-order valence-corrected chi connectivity index (χ0v) is 13.7. The summed E-state index contributed by atoms with van der Waals surface area (Å²) in [4.78, 5) is 1.39. The molecule has 0 bridgehead atoms. The Hall–Kier alpha value is 0.430. The topological polar surface area (TPSA) is 12.0 Å². The summed E-state index contributed by atoms with van der Waals surface area (Å²) in [6.07, 6.45) is 6.35. The summed E-state index contributed by atoms with van der Waals surface area (Å²) >= 11 is 11.2. The van der Waals surface area contributed by atoms with Crippen molar-refractivity contribution in [3.05, 3.63) is 19.8 Å². The molecule has 0 aromatic carbocycles. The zero-order valence-electron chi connectivity index (χ0n) is 10.6. The van der Waals surface area contributed by atoms with E-state index in [1.165, 1.54) is 30.6 Å². The molecule has 98 valence electrons. The molecule has 0 amide bonds. The molecule has 17 heavy (non-hydrogen) atoms. The Morgan fingerprint density at radius 3 is 2.59 bits per heavy atom. The van der Waals surface area contributed by atoms with E-state index < -0.39 is 0 Å². The number of thiophene rings is 1. The second-order valence-corrected chi connectivity index (χ2v) is 7.47. The molecule has 0 atom stereocenters. The Bertz CT molecular complexity index is 306. The molecule has 0 saturated carbocycles. The summed E-state index contributed by atoms with van der Waals surface area (Å²) in [5.74, 6) is 0. The van der Waals surface area contributed by atoms with Crippen LogP contribution in [0.4, 0.5) is 0 Å². The largest absolute Gasteiger partial charge is 0.315 e. The third-order valence-corrected chi connectivity index (χ3v) is 5.13. The third-order valence-electron chi connectivity index (χ3n) is 2.60. The van der Waals surface area contributed by atoms with Gasteiger partial charge in [0.15, 0.2) is 0 Å². The van der Waals surface area contributed by atoms with Gasteiger partial charge in [0.25, 0.3) is 0 Å². The summed E-state index contributed by atoms with van der Waals surface area (Å²) in [6.45, 7) is 5.53. The van der Waals surface area contributed by atoms with Crippen molar-refractivity contribution in [1.29, 1.82) is 0 Å². The van der Waals surface area contributed by atoms with Crippen LogP contribution in [0.2, 0.25) is 5.02 Å². The van der Waals surface area contributed by atoms with Crippen molar-refractivity contribution in [3.63, 3.8) is 0 Å². The highest BCUT2D eigenvalue weighted by Crippen LogP contribution is 2.32. The Morgan fingerprint density at radius 2 is 2.00 bits per heavy atom. The lowest BCUT2D eigenvalue weighted by molar-refractivity contribution is 0.542. The first-order chi connectivity index (χ1) is 8.09. The van der Waals surface area contributed by atoms with Crippen molar-refractivity contribution in [2.45, 2.75) is 52.0 Å². The molecule has 1 aromatic rings. The second kappa shape index (κ2) is 8.52. The Balaban J connectivity index is 2.01. The van der Waals surface area contributed by atoms with Gasteiger partial charge in [0, 0.05) is 10.9 Å². The Kier molecular flexibility index (Phi) is 7.76. The summed E-state index contributed by atoms with van der Waals surface area (Å²) in [5, 5.41) is 4.30. The molecule has 1 rings (SSSR count). The van der Waals surface area contributed by atoms with E-state index in [9.17, 15) is 0 Å². The van der Waals surface area contributed by atoms with Crippen molar-refractivity contribution in [2.24, 2.45) is 0 Å². The van der Waals surface area contributed by atoms with E-state index in [0.29, 0.717) is 6.04 Å². The quantitative estimate of drug-likeness (QED) is 0.637. The average Bonchev–Trinajstić information content (AvgIpc) is 2.56. The fourth-order valence-electron chi connectivity index (χ4n) is 1.68. The van der Waals surface area contributed by atoms with Gasteiger partial charge in [0.05, 0.1) is 8.81 Å². The molecule has 1 heterocycles. The van der Waals surface area contributed by atoms with Crippen molar-refractivity contribution in [3.8, 4) is 0 Å². The molecule has 1 aromatic heterocycles.